The highest BCUT2D eigenvalue weighted by Crippen LogP contribution is 2.41. The molecular weight excluding hydrogens is 306 g/mol. The number of nitrogens with zero attached hydrogens (tertiary/aromatic N) is 1. The van der Waals surface area contributed by atoms with Crippen LogP contribution in [0.25, 0.3) is 0 Å². The lowest BCUT2D eigenvalue weighted by molar-refractivity contribution is -0.133. The molecule has 0 aromatic carbocycles. The summed E-state index contributed by atoms with van der Waals surface area (Å²) in [5, 5.41) is 0.867. The standard InChI is InChI=1S/C11H20BrNO3S/c1-10(2)9(14)13(8-6-5-7-12)11(3,4)17(10,15)16/h5-8H2,1-4H3. The fraction of sp³-hybridized carbons (Fsp3) is 0.909. The van der Waals surface area contributed by atoms with Gasteiger partial charge < -0.3 is 4.90 Å². The van der Waals surface area contributed by atoms with Crippen molar-refractivity contribution < 1.29 is 13.2 Å². The van der Waals surface area contributed by atoms with Crippen LogP contribution in [0.4, 0.5) is 0 Å². The predicted octanol–water partition coefficient (Wildman–Crippen LogP) is 1.93. The van der Waals surface area contributed by atoms with Crippen molar-refractivity contribution in [3.63, 3.8) is 0 Å². The van der Waals surface area contributed by atoms with Crippen molar-refractivity contribution in [3.8, 4) is 0 Å². The Morgan fingerprint density at radius 1 is 1.18 bits per heavy atom. The fourth-order valence-electron chi connectivity index (χ4n) is 2.19. The molecule has 0 aromatic rings. The van der Waals surface area contributed by atoms with E-state index in [1.807, 2.05) is 0 Å². The first-order chi connectivity index (χ1) is 7.60. The molecule has 1 rings (SSSR count). The molecule has 1 saturated heterocycles. The number of hydrogen-bond donors (Lipinski definition) is 0. The van der Waals surface area contributed by atoms with E-state index in [1.54, 1.807) is 13.8 Å². The molecule has 4 nitrogen and oxygen atoms in total. The molecule has 0 aliphatic carbocycles. The second kappa shape index (κ2) is 4.53. The Morgan fingerprint density at radius 2 is 1.71 bits per heavy atom. The van der Waals surface area contributed by atoms with Crippen molar-refractivity contribution in [2.45, 2.75) is 50.2 Å². The smallest absolute Gasteiger partial charge is 0.244 e. The van der Waals surface area contributed by atoms with E-state index in [9.17, 15) is 13.2 Å². The molecule has 0 N–H and O–H groups in total. The number of carbonyl (C=O) groups excluding carboxylic acids is 1. The predicted molar refractivity (Wildman–Crippen MR) is 71.8 cm³/mol. The molecule has 0 atom stereocenters. The molecule has 1 aliphatic heterocycles. The van der Waals surface area contributed by atoms with E-state index in [4.69, 9.17) is 0 Å². The van der Waals surface area contributed by atoms with Gasteiger partial charge in [-0.15, -0.1) is 0 Å². The molecule has 0 saturated carbocycles. The zero-order valence-corrected chi connectivity index (χ0v) is 13.2. The SMILES string of the molecule is CC1(C)C(=O)N(CCCCBr)C(C)(C)S1(=O)=O. The summed E-state index contributed by atoms with van der Waals surface area (Å²) in [5.74, 6) is -0.280. The topological polar surface area (TPSA) is 54.5 Å². The average molecular weight is 326 g/mol. The van der Waals surface area contributed by atoms with Gasteiger partial charge in [0.15, 0.2) is 9.84 Å². The Kier molecular flexibility index (Phi) is 3.99. The van der Waals surface area contributed by atoms with E-state index < -0.39 is 19.5 Å². The van der Waals surface area contributed by atoms with Crippen LogP contribution in [-0.4, -0.2) is 40.7 Å². The third kappa shape index (κ3) is 2.03. The molecule has 100 valence electrons. The Bertz CT molecular complexity index is 414. The van der Waals surface area contributed by atoms with Crippen LogP contribution in [0.3, 0.4) is 0 Å². The first-order valence-corrected chi connectivity index (χ1v) is 8.33. The van der Waals surface area contributed by atoms with Crippen molar-refractivity contribution in [1.29, 1.82) is 0 Å². The number of unbranched alkanes of at least 4 members (excludes halogenated alkanes) is 1. The van der Waals surface area contributed by atoms with E-state index in [2.05, 4.69) is 15.9 Å². The van der Waals surface area contributed by atoms with Gasteiger partial charge in [-0.05, 0) is 40.5 Å². The third-order valence-corrected chi connectivity index (χ3v) is 7.12. The van der Waals surface area contributed by atoms with Crippen LogP contribution in [0, 0.1) is 0 Å². The largest absolute Gasteiger partial charge is 0.322 e. The first kappa shape index (κ1) is 15.0. The number of halogens is 1. The van der Waals surface area contributed by atoms with Gasteiger partial charge in [-0.25, -0.2) is 8.42 Å². The highest BCUT2D eigenvalue weighted by molar-refractivity contribution is 9.09. The third-order valence-electron chi connectivity index (χ3n) is 3.51. The van der Waals surface area contributed by atoms with Gasteiger partial charge in [0.25, 0.3) is 0 Å². The highest BCUT2D eigenvalue weighted by Gasteiger charge is 2.62. The molecule has 1 fully saturated rings. The summed E-state index contributed by atoms with van der Waals surface area (Å²) in [6.45, 7) is 6.72. The number of alkyl halides is 1. The summed E-state index contributed by atoms with van der Waals surface area (Å²) in [5.41, 5.74) is 0. The number of carbonyl (C=O) groups is 1. The summed E-state index contributed by atoms with van der Waals surface area (Å²) in [4.78, 5) is 12.6. The molecule has 0 bridgehead atoms. The van der Waals surface area contributed by atoms with E-state index in [-0.39, 0.29) is 5.91 Å². The number of amides is 1. The monoisotopic (exact) mass is 325 g/mol. The van der Waals surface area contributed by atoms with Gasteiger partial charge in [-0.3, -0.25) is 4.79 Å². The summed E-state index contributed by atoms with van der Waals surface area (Å²) in [6.07, 6.45) is 1.74. The Morgan fingerprint density at radius 3 is 2.06 bits per heavy atom. The number of sulfone groups is 1. The fourth-order valence-corrected chi connectivity index (χ4v) is 4.64. The van der Waals surface area contributed by atoms with Crippen LogP contribution < -0.4 is 0 Å². The van der Waals surface area contributed by atoms with E-state index in [0.717, 1.165) is 18.2 Å². The zero-order chi connectivity index (χ0) is 13.5. The van der Waals surface area contributed by atoms with Gasteiger partial charge >= 0.3 is 0 Å². The van der Waals surface area contributed by atoms with Crippen LogP contribution in [0.5, 0.6) is 0 Å². The van der Waals surface area contributed by atoms with E-state index in [1.165, 1.54) is 18.7 Å². The minimum Gasteiger partial charge on any atom is -0.322 e. The number of hydrogen-bond acceptors (Lipinski definition) is 3. The zero-order valence-electron chi connectivity index (χ0n) is 10.8. The lowest BCUT2D eigenvalue weighted by atomic mass is 10.1. The second-order valence-corrected chi connectivity index (χ2v) is 9.13. The molecule has 0 spiro atoms. The molecule has 1 amide bonds. The molecule has 1 aliphatic rings. The summed E-state index contributed by atoms with van der Waals surface area (Å²) < 4.78 is 23.3. The van der Waals surface area contributed by atoms with Crippen molar-refractivity contribution in [3.05, 3.63) is 0 Å². The van der Waals surface area contributed by atoms with Crippen molar-refractivity contribution in [2.24, 2.45) is 0 Å². The molecule has 6 heteroatoms. The highest BCUT2D eigenvalue weighted by atomic mass is 79.9. The molecular formula is C11H20BrNO3S. The molecule has 1 heterocycles. The van der Waals surface area contributed by atoms with Gasteiger partial charge in [0, 0.05) is 11.9 Å². The van der Waals surface area contributed by atoms with Crippen LogP contribution in [-0.2, 0) is 14.6 Å². The summed E-state index contributed by atoms with van der Waals surface area (Å²) >= 11 is 3.33. The maximum absolute atomic E-state index is 12.3. The van der Waals surface area contributed by atoms with Crippen LogP contribution in [0.15, 0.2) is 0 Å². The van der Waals surface area contributed by atoms with Crippen LogP contribution in [0.1, 0.15) is 40.5 Å². The summed E-state index contributed by atoms with van der Waals surface area (Å²) in [6, 6.07) is 0. The van der Waals surface area contributed by atoms with Crippen molar-refractivity contribution in [2.75, 3.05) is 11.9 Å². The van der Waals surface area contributed by atoms with Gasteiger partial charge in [-0.2, -0.15) is 0 Å². The normalized spacial score (nSPS) is 25.2. The van der Waals surface area contributed by atoms with Crippen LogP contribution >= 0.6 is 15.9 Å². The quantitative estimate of drug-likeness (QED) is 0.586. The molecule has 0 radical (unpaired) electrons. The Balaban J connectivity index is 3.05. The second-order valence-electron chi connectivity index (χ2n) is 5.31. The minimum atomic E-state index is -3.47. The minimum absolute atomic E-state index is 0.280. The lowest BCUT2D eigenvalue weighted by Crippen LogP contribution is -2.44. The Labute approximate surface area is 112 Å². The maximum Gasteiger partial charge on any atom is 0.244 e. The summed E-state index contributed by atoms with van der Waals surface area (Å²) in [7, 11) is -3.47. The van der Waals surface area contributed by atoms with Crippen molar-refractivity contribution in [1.82, 2.24) is 4.90 Å². The van der Waals surface area contributed by atoms with Crippen molar-refractivity contribution >= 4 is 31.7 Å². The molecule has 17 heavy (non-hydrogen) atoms. The van der Waals surface area contributed by atoms with Gasteiger partial charge in [0.1, 0.15) is 9.62 Å². The first-order valence-electron chi connectivity index (χ1n) is 5.73. The number of rotatable bonds is 4. The van der Waals surface area contributed by atoms with Gasteiger partial charge in [-0.1, -0.05) is 15.9 Å². The van der Waals surface area contributed by atoms with Crippen LogP contribution in [0.2, 0.25) is 0 Å². The maximum atomic E-state index is 12.3. The van der Waals surface area contributed by atoms with E-state index >= 15 is 0 Å². The van der Waals surface area contributed by atoms with E-state index in [0.29, 0.717) is 6.54 Å². The lowest BCUT2D eigenvalue weighted by Gasteiger charge is -2.29. The van der Waals surface area contributed by atoms with Gasteiger partial charge in [0.2, 0.25) is 5.91 Å². The average Bonchev–Trinajstić information content (AvgIpc) is 2.29. The molecule has 0 aromatic heterocycles. The van der Waals surface area contributed by atoms with Gasteiger partial charge in [0.05, 0.1) is 0 Å². The molecule has 0 unspecified atom stereocenters. The Hall–Kier alpha value is -0.100.